The molecule has 0 aliphatic heterocycles. The number of aromatic nitrogens is 2. The number of hydrazone groups is 1. The van der Waals surface area contributed by atoms with Gasteiger partial charge in [0.15, 0.2) is 0 Å². The lowest BCUT2D eigenvalue weighted by molar-refractivity contribution is 0.0950. The molecule has 0 saturated carbocycles. The SMILES string of the molecule is COc1ccccc1-c1cc(C(=O)N/N=C/c2ccc(F)cc2)[nH]n1. The van der Waals surface area contributed by atoms with E-state index >= 15 is 0 Å². The van der Waals surface area contributed by atoms with Crippen LogP contribution in [0.2, 0.25) is 0 Å². The Kier molecular flexibility index (Phi) is 4.84. The molecule has 0 atom stereocenters. The first kappa shape index (κ1) is 16.4. The highest BCUT2D eigenvalue weighted by Crippen LogP contribution is 2.28. The zero-order chi connectivity index (χ0) is 17.6. The van der Waals surface area contributed by atoms with Crippen LogP contribution in [0, 0.1) is 5.82 Å². The third-order valence-electron chi connectivity index (χ3n) is 3.46. The number of benzene rings is 2. The average Bonchev–Trinajstić information content (AvgIpc) is 3.13. The van der Waals surface area contributed by atoms with E-state index in [0.29, 0.717) is 17.0 Å². The van der Waals surface area contributed by atoms with Gasteiger partial charge in [-0.1, -0.05) is 24.3 Å². The maximum absolute atomic E-state index is 12.8. The Bertz CT molecular complexity index is 903. The van der Waals surface area contributed by atoms with Crippen molar-refractivity contribution in [2.75, 3.05) is 7.11 Å². The topological polar surface area (TPSA) is 79.4 Å². The summed E-state index contributed by atoms with van der Waals surface area (Å²) in [7, 11) is 1.57. The van der Waals surface area contributed by atoms with E-state index in [0.717, 1.165) is 5.56 Å². The van der Waals surface area contributed by atoms with Gasteiger partial charge < -0.3 is 4.74 Å². The molecule has 0 radical (unpaired) electrons. The van der Waals surface area contributed by atoms with Crippen molar-refractivity contribution in [2.24, 2.45) is 5.10 Å². The molecule has 1 amide bonds. The van der Waals surface area contributed by atoms with E-state index in [1.807, 2.05) is 24.3 Å². The van der Waals surface area contributed by atoms with E-state index < -0.39 is 5.91 Å². The molecule has 25 heavy (non-hydrogen) atoms. The van der Waals surface area contributed by atoms with Gasteiger partial charge in [-0.3, -0.25) is 9.89 Å². The van der Waals surface area contributed by atoms with Gasteiger partial charge in [-0.05, 0) is 35.9 Å². The summed E-state index contributed by atoms with van der Waals surface area (Å²) in [5, 5.41) is 10.6. The number of halogens is 1. The molecule has 2 aromatic carbocycles. The average molecular weight is 338 g/mol. The van der Waals surface area contributed by atoms with Crippen molar-refractivity contribution in [3.05, 3.63) is 71.7 Å². The molecular weight excluding hydrogens is 323 g/mol. The number of nitrogens with one attached hydrogen (secondary N) is 2. The summed E-state index contributed by atoms with van der Waals surface area (Å²) in [6.45, 7) is 0. The Morgan fingerprint density at radius 3 is 2.76 bits per heavy atom. The van der Waals surface area contributed by atoms with Crippen molar-refractivity contribution in [1.82, 2.24) is 15.6 Å². The number of aromatic amines is 1. The van der Waals surface area contributed by atoms with Crippen molar-refractivity contribution < 1.29 is 13.9 Å². The second kappa shape index (κ2) is 7.39. The van der Waals surface area contributed by atoms with Crippen LogP contribution in [-0.2, 0) is 0 Å². The predicted molar refractivity (Wildman–Crippen MR) is 92.0 cm³/mol. The Morgan fingerprint density at radius 1 is 1.24 bits per heavy atom. The van der Waals surface area contributed by atoms with Gasteiger partial charge in [0.05, 0.1) is 19.0 Å². The largest absolute Gasteiger partial charge is 0.496 e. The van der Waals surface area contributed by atoms with Crippen molar-refractivity contribution in [3.63, 3.8) is 0 Å². The zero-order valence-electron chi connectivity index (χ0n) is 13.4. The standard InChI is InChI=1S/C18H15FN4O2/c1-25-17-5-3-2-4-14(17)15-10-16(22-21-15)18(24)23-20-11-12-6-8-13(19)9-7-12/h2-11H,1H3,(H,21,22)(H,23,24)/b20-11+. The lowest BCUT2D eigenvalue weighted by atomic mass is 10.1. The van der Waals surface area contributed by atoms with Crippen LogP contribution in [0.25, 0.3) is 11.3 Å². The molecule has 0 aliphatic carbocycles. The Labute approximate surface area is 143 Å². The number of hydrogen-bond acceptors (Lipinski definition) is 4. The molecule has 126 valence electrons. The molecule has 0 aliphatic rings. The molecule has 1 aromatic heterocycles. The Balaban J connectivity index is 1.69. The van der Waals surface area contributed by atoms with E-state index in [1.165, 1.54) is 18.3 Å². The van der Waals surface area contributed by atoms with Gasteiger partial charge >= 0.3 is 0 Å². The van der Waals surface area contributed by atoms with Crippen molar-refractivity contribution >= 4 is 12.1 Å². The third kappa shape index (κ3) is 3.89. The summed E-state index contributed by atoms with van der Waals surface area (Å²) in [6, 6.07) is 14.7. The highest BCUT2D eigenvalue weighted by molar-refractivity contribution is 5.94. The second-order valence-electron chi connectivity index (χ2n) is 5.12. The number of carbonyl (C=O) groups is 1. The number of methoxy groups -OCH3 is 1. The molecule has 0 fully saturated rings. The minimum atomic E-state index is -0.438. The molecule has 2 N–H and O–H groups in total. The van der Waals surface area contributed by atoms with Gasteiger partial charge in [0, 0.05) is 5.56 Å². The number of nitrogens with zero attached hydrogens (tertiary/aromatic N) is 2. The maximum atomic E-state index is 12.8. The second-order valence-corrected chi connectivity index (χ2v) is 5.12. The number of hydrogen-bond donors (Lipinski definition) is 2. The number of ether oxygens (including phenoxy) is 1. The summed E-state index contributed by atoms with van der Waals surface area (Å²) in [6.07, 6.45) is 1.43. The highest BCUT2D eigenvalue weighted by atomic mass is 19.1. The van der Waals surface area contributed by atoms with Crippen LogP contribution in [-0.4, -0.2) is 29.4 Å². The number of rotatable bonds is 5. The highest BCUT2D eigenvalue weighted by Gasteiger charge is 2.13. The van der Waals surface area contributed by atoms with Crippen molar-refractivity contribution in [3.8, 4) is 17.0 Å². The molecular formula is C18H15FN4O2. The van der Waals surface area contributed by atoms with Crippen LogP contribution in [0.15, 0.2) is 59.7 Å². The first-order valence-corrected chi connectivity index (χ1v) is 7.45. The van der Waals surface area contributed by atoms with Gasteiger partial charge in [-0.15, -0.1) is 0 Å². The number of carbonyl (C=O) groups excluding carboxylic acids is 1. The first-order chi connectivity index (χ1) is 12.2. The molecule has 6 nitrogen and oxygen atoms in total. The van der Waals surface area contributed by atoms with Gasteiger partial charge in [-0.2, -0.15) is 10.2 Å². The van der Waals surface area contributed by atoms with Crippen molar-refractivity contribution in [2.45, 2.75) is 0 Å². The summed E-state index contributed by atoms with van der Waals surface area (Å²) in [5.41, 5.74) is 4.68. The van der Waals surface area contributed by atoms with Crippen LogP contribution >= 0.6 is 0 Å². The Morgan fingerprint density at radius 2 is 2.00 bits per heavy atom. The molecule has 0 saturated heterocycles. The molecule has 1 heterocycles. The van der Waals surface area contributed by atoms with E-state index in [9.17, 15) is 9.18 Å². The fourth-order valence-electron chi connectivity index (χ4n) is 2.21. The number of H-pyrrole nitrogens is 1. The summed E-state index contributed by atoms with van der Waals surface area (Å²) >= 11 is 0. The lowest BCUT2D eigenvalue weighted by Gasteiger charge is -2.04. The number of para-hydroxylation sites is 1. The third-order valence-corrected chi connectivity index (χ3v) is 3.46. The maximum Gasteiger partial charge on any atom is 0.289 e. The van der Waals surface area contributed by atoms with Crippen LogP contribution in [0.1, 0.15) is 16.1 Å². The quantitative estimate of drug-likeness (QED) is 0.554. The van der Waals surface area contributed by atoms with E-state index in [2.05, 4.69) is 20.7 Å². The molecule has 3 aromatic rings. The minimum Gasteiger partial charge on any atom is -0.496 e. The monoisotopic (exact) mass is 338 g/mol. The summed E-state index contributed by atoms with van der Waals surface area (Å²) in [4.78, 5) is 12.1. The summed E-state index contributed by atoms with van der Waals surface area (Å²) in [5.74, 6) is -0.107. The molecule has 0 spiro atoms. The molecule has 7 heteroatoms. The first-order valence-electron chi connectivity index (χ1n) is 7.45. The van der Waals surface area contributed by atoms with Crippen LogP contribution in [0.5, 0.6) is 5.75 Å². The number of amides is 1. The fourth-order valence-corrected chi connectivity index (χ4v) is 2.21. The van der Waals surface area contributed by atoms with Crippen LogP contribution < -0.4 is 10.2 Å². The lowest BCUT2D eigenvalue weighted by Crippen LogP contribution is -2.17. The molecule has 0 unspecified atom stereocenters. The smallest absolute Gasteiger partial charge is 0.289 e. The van der Waals surface area contributed by atoms with Gasteiger partial charge in [0.2, 0.25) is 0 Å². The van der Waals surface area contributed by atoms with E-state index in [1.54, 1.807) is 25.3 Å². The van der Waals surface area contributed by atoms with E-state index in [-0.39, 0.29) is 11.5 Å². The molecule has 0 bridgehead atoms. The predicted octanol–water partition coefficient (Wildman–Crippen LogP) is 2.99. The van der Waals surface area contributed by atoms with E-state index in [4.69, 9.17) is 4.74 Å². The Hall–Kier alpha value is -3.48. The summed E-state index contributed by atoms with van der Waals surface area (Å²) < 4.78 is 18.1. The van der Waals surface area contributed by atoms with Gasteiger partial charge in [0.25, 0.3) is 5.91 Å². The zero-order valence-corrected chi connectivity index (χ0v) is 13.4. The van der Waals surface area contributed by atoms with Gasteiger partial charge in [0.1, 0.15) is 17.3 Å². The normalized spacial score (nSPS) is 10.8. The van der Waals surface area contributed by atoms with Crippen LogP contribution in [0.4, 0.5) is 4.39 Å². The van der Waals surface area contributed by atoms with Crippen molar-refractivity contribution in [1.29, 1.82) is 0 Å². The minimum absolute atomic E-state index is 0.261. The van der Waals surface area contributed by atoms with Gasteiger partial charge in [-0.25, -0.2) is 9.82 Å². The molecule has 3 rings (SSSR count). The fraction of sp³-hybridized carbons (Fsp3) is 0.0556. The van der Waals surface area contributed by atoms with Crippen LogP contribution in [0.3, 0.4) is 0 Å².